The molecule has 2 atom stereocenters. The molecule has 94 valence electrons. The summed E-state index contributed by atoms with van der Waals surface area (Å²) in [5.41, 5.74) is 8.33. The monoisotopic (exact) mass is 316 g/mol. The molecule has 2 unspecified atom stereocenters. The van der Waals surface area contributed by atoms with E-state index in [0.717, 1.165) is 34.6 Å². The normalized spacial score (nSPS) is 25.1. The van der Waals surface area contributed by atoms with E-state index in [-0.39, 0.29) is 0 Å². The highest BCUT2D eigenvalue weighted by molar-refractivity contribution is 9.10. The Morgan fingerprint density at radius 1 is 1.47 bits per heavy atom. The van der Waals surface area contributed by atoms with Crippen LogP contribution < -0.4 is 10.6 Å². The Kier molecular flexibility index (Phi) is 4.01. The van der Waals surface area contributed by atoms with Crippen LogP contribution in [-0.2, 0) is 0 Å². The molecule has 1 aromatic carbocycles. The Labute approximate surface area is 116 Å². The van der Waals surface area contributed by atoms with Crippen LogP contribution >= 0.6 is 27.5 Å². The smallest absolute Gasteiger partial charge is 0.0525 e. The summed E-state index contributed by atoms with van der Waals surface area (Å²) in [4.78, 5) is 2.36. The van der Waals surface area contributed by atoms with Crippen molar-refractivity contribution in [1.82, 2.24) is 0 Å². The van der Waals surface area contributed by atoms with Gasteiger partial charge in [-0.15, -0.1) is 0 Å². The number of halogens is 2. The van der Waals surface area contributed by atoms with E-state index in [1.54, 1.807) is 0 Å². The lowest BCUT2D eigenvalue weighted by atomic mass is 9.94. The van der Waals surface area contributed by atoms with E-state index in [2.05, 4.69) is 33.8 Å². The number of hydrogen-bond donors (Lipinski definition) is 1. The third-order valence-corrected chi connectivity index (χ3v) is 4.58. The van der Waals surface area contributed by atoms with E-state index < -0.39 is 0 Å². The van der Waals surface area contributed by atoms with Crippen LogP contribution in [0.1, 0.15) is 18.9 Å². The van der Waals surface area contributed by atoms with Gasteiger partial charge in [0.05, 0.1) is 5.69 Å². The van der Waals surface area contributed by atoms with Crippen LogP contribution in [0.25, 0.3) is 0 Å². The van der Waals surface area contributed by atoms with Crippen molar-refractivity contribution in [2.75, 3.05) is 18.0 Å². The lowest BCUT2D eigenvalue weighted by Crippen LogP contribution is -2.46. The van der Waals surface area contributed by atoms with Gasteiger partial charge in [-0.3, -0.25) is 0 Å². The van der Waals surface area contributed by atoms with Crippen molar-refractivity contribution in [3.8, 4) is 0 Å². The first-order valence-corrected chi connectivity index (χ1v) is 7.12. The first-order valence-electron chi connectivity index (χ1n) is 5.95. The highest BCUT2D eigenvalue weighted by Gasteiger charge is 2.24. The van der Waals surface area contributed by atoms with E-state index in [1.807, 2.05) is 13.0 Å². The van der Waals surface area contributed by atoms with Gasteiger partial charge in [-0.2, -0.15) is 0 Å². The molecule has 0 bridgehead atoms. The number of nitrogens with zero attached hydrogens (tertiary/aromatic N) is 1. The average molecular weight is 318 g/mol. The van der Waals surface area contributed by atoms with Crippen LogP contribution in [0.3, 0.4) is 0 Å². The van der Waals surface area contributed by atoms with Gasteiger partial charge in [-0.25, -0.2) is 0 Å². The second-order valence-electron chi connectivity index (χ2n) is 4.93. The van der Waals surface area contributed by atoms with Gasteiger partial charge in [0, 0.05) is 28.6 Å². The maximum absolute atomic E-state index is 6.20. The van der Waals surface area contributed by atoms with Gasteiger partial charge in [-0.05, 0) is 52.9 Å². The number of nitrogens with two attached hydrogens (primary N) is 1. The second kappa shape index (κ2) is 5.17. The van der Waals surface area contributed by atoms with Crippen LogP contribution in [0, 0.1) is 12.8 Å². The topological polar surface area (TPSA) is 29.3 Å². The summed E-state index contributed by atoms with van der Waals surface area (Å²) in [7, 11) is 0. The first kappa shape index (κ1) is 13.2. The summed E-state index contributed by atoms with van der Waals surface area (Å²) in [6.07, 6.45) is 1.04. The summed E-state index contributed by atoms with van der Waals surface area (Å²) in [6.45, 7) is 6.23. The van der Waals surface area contributed by atoms with Crippen molar-refractivity contribution in [2.45, 2.75) is 26.3 Å². The quantitative estimate of drug-likeness (QED) is 0.858. The standard InChI is InChI=1S/C13H18BrClN2/c1-8-5-10(14)13(6-11(8)15)17-4-3-12(16)9(2)7-17/h5-6,9,12H,3-4,7,16H2,1-2H3. The molecule has 2 rings (SSSR count). The van der Waals surface area contributed by atoms with Crippen LogP contribution in [-0.4, -0.2) is 19.1 Å². The molecule has 0 spiro atoms. The molecule has 0 radical (unpaired) electrons. The van der Waals surface area contributed by atoms with Crippen molar-refractivity contribution in [2.24, 2.45) is 11.7 Å². The van der Waals surface area contributed by atoms with Gasteiger partial charge < -0.3 is 10.6 Å². The molecule has 1 saturated heterocycles. The minimum Gasteiger partial charge on any atom is -0.370 e. The molecule has 0 saturated carbocycles. The molecule has 0 aliphatic carbocycles. The average Bonchev–Trinajstić information content (AvgIpc) is 2.27. The summed E-state index contributed by atoms with van der Waals surface area (Å²) in [6, 6.07) is 4.45. The van der Waals surface area contributed by atoms with Gasteiger partial charge in [0.2, 0.25) is 0 Å². The number of piperidine rings is 1. The van der Waals surface area contributed by atoms with E-state index in [0.29, 0.717) is 12.0 Å². The zero-order valence-electron chi connectivity index (χ0n) is 10.2. The molecule has 1 aliphatic rings. The molecule has 4 heteroatoms. The molecule has 2 N–H and O–H groups in total. The number of anilines is 1. The maximum Gasteiger partial charge on any atom is 0.0525 e. The van der Waals surface area contributed by atoms with E-state index >= 15 is 0 Å². The fraction of sp³-hybridized carbons (Fsp3) is 0.538. The minimum atomic E-state index is 0.325. The van der Waals surface area contributed by atoms with Crippen molar-refractivity contribution in [3.05, 3.63) is 27.2 Å². The summed E-state index contributed by atoms with van der Waals surface area (Å²) in [5.74, 6) is 0.524. The molecule has 0 amide bonds. The lowest BCUT2D eigenvalue weighted by molar-refractivity contribution is 0.382. The molecule has 17 heavy (non-hydrogen) atoms. The summed E-state index contributed by atoms with van der Waals surface area (Å²) < 4.78 is 1.11. The first-order chi connectivity index (χ1) is 7.99. The molecule has 2 nitrogen and oxygen atoms in total. The zero-order valence-corrected chi connectivity index (χ0v) is 12.6. The largest absolute Gasteiger partial charge is 0.370 e. The summed E-state index contributed by atoms with van der Waals surface area (Å²) >= 11 is 9.82. The van der Waals surface area contributed by atoms with Crippen LogP contribution in [0.2, 0.25) is 5.02 Å². The molecular formula is C13H18BrClN2. The number of rotatable bonds is 1. The number of hydrogen-bond acceptors (Lipinski definition) is 2. The van der Waals surface area contributed by atoms with E-state index in [9.17, 15) is 0 Å². The van der Waals surface area contributed by atoms with Crippen LogP contribution in [0.4, 0.5) is 5.69 Å². The van der Waals surface area contributed by atoms with Crippen LogP contribution in [0.15, 0.2) is 16.6 Å². The fourth-order valence-corrected chi connectivity index (χ4v) is 3.13. The zero-order chi connectivity index (χ0) is 12.6. The molecule has 1 aromatic rings. The van der Waals surface area contributed by atoms with Crippen molar-refractivity contribution in [1.29, 1.82) is 0 Å². The Bertz CT molecular complexity index is 422. The summed E-state index contributed by atoms with van der Waals surface area (Å²) in [5, 5.41) is 0.825. The Hall–Kier alpha value is -0.250. The predicted molar refractivity (Wildman–Crippen MR) is 77.9 cm³/mol. The van der Waals surface area contributed by atoms with Gasteiger partial charge >= 0.3 is 0 Å². The number of aryl methyl sites for hydroxylation is 1. The maximum atomic E-state index is 6.20. The van der Waals surface area contributed by atoms with E-state index in [1.165, 1.54) is 5.69 Å². The predicted octanol–water partition coefficient (Wildman–Crippen LogP) is 3.58. The second-order valence-corrected chi connectivity index (χ2v) is 6.19. The molecule has 0 aromatic heterocycles. The van der Waals surface area contributed by atoms with Crippen molar-refractivity contribution >= 4 is 33.2 Å². The molecular weight excluding hydrogens is 300 g/mol. The van der Waals surface area contributed by atoms with Gasteiger partial charge in [0.1, 0.15) is 0 Å². The Morgan fingerprint density at radius 3 is 2.82 bits per heavy atom. The highest BCUT2D eigenvalue weighted by Crippen LogP contribution is 2.34. The molecule has 1 fully saturated rings. The molecule has 1 aliphatic heterocycles. The highest BCUT2D eigenvalue weighted by atomic mass is 79.9. The third kappa shape index (κ3) is 2.78. The SMILES string of the molecule is Cc1cc(Br)c(N2CCC(N)C(C)C2)cc1Cl. The third-order valence-electron chi connectivity index (χ3n) is 3.54. The van der Waals surface area contributed by atoms with Crippen molar-refractivity contribution in [3.63, 3.8) is 0 Å². The fourth-order valence-electron chi connectivity index (χ4n) is 2.26. The van der Waals surface area contributed by atoms with Gasteiger partial charge in [0.15, 0.2) is 0 Å². The Morgan fingerprint density at radius 2 is 2.18 bits per heavy atom. The lowest BCUT2D eigenvalue weighted by Gasteiger charge is -2.37. The Balaban J connectivity index is 2.26. The number of benzene rings is 1. The van der Waals surface area contributed by atoms with Crippen molar-refractivity contribution < 1.29 is 0 Å². The minimum absolute atomic E-state index is 0.325. The van der Waals surface area contributed by atoms with Gasteiger partial charge in [0.25, 0.3) is 0 Å². The van der Waals surface area contributed by atoms with E-state index in [4.69, 9.17) is 17.3 Å². The molecule has 1 heterocycles. The van der Waals surface area contributed by atoms with Crippen LogP contribution in [0.5, 0.6) is 0 Å². The van der Waals surface area contributed by atoms with Gasteiger partial charge in [-0.1, -0.05) is 18.5 Å².